The Labute approximate surface area is 147 Å². The molecule has 2 aromatic rings. The SMILES string of the molecule is Cc1noc(C)c1Cc1ccc(C(=O)N2C[C@@H](CO)[C@H](N(C)C)C2)o1. The maximum absolute atomic E-state index is 12.7. The first-order chi connectivity index (χ1) is 11.9. The number of aliphatic hydroxyl groups is 1. The number of hydrogen-bond donors (Lipinski definition) is 1. The summed E-state index contributed by atoms with van der Waals surface area (Å²) in [6.45, 7) is 4.96. The van der Waals surface area contributed by atoms with Crippen LogP contribution >= 0.6 is 0 Å². The number of carbonyl (C=O) groups excluding carboxylic acids is 1. The fourth-order valence-electron chi connectivity index (χ4n) is 3.46. The molecule has 0 saturated carbocycles. The number of hydrogen-bond acceptors (Lipinski definition) is 6. The monoisotopic (exact) mass is 347 g/mol. The van der Waals surface area contributed by atoms with Crippen LogP contribution in [0.1, 0.15) is 33.3 Å². The molecule has 1 amide bonds. The minimum absolute atomic E-state index is 0.0655. The van der Waals surface area contributed by atoms with Crippen LogP contribution in [0.5, 0.6) is 0 Å². The van der Waals surface area contributed by atoms with Crippen molar-refractivity contribution >= 4 is 5.91 Å². The first-order valence-electron chi connectivity index (χ1n) is 8.47. The molecule has 136 valence electrons. The van der Waals surface area contributed by atoms with E-state index in [0.29, 0.717) is 31.0 Å². The Balaban J connectivity index is 1.71. The van der Waals surface area contributed by atoms with Gasteiger partial charge < -0.3 is 23.8 Å². The van der Waals surface area contributed by atoms with E-state index in [2.05, 4.69) is 10.1 Å². The summed E-state index contributed by atoms with van der Waals surface area (Å²) in [5, 5.41) is 13.5. The summed E-state index contributed by atoms with van der Waals surface area (Å²) >= 11 is 0. The summed E-state index contributed by atoms with van der Waals surface area (Å²) in [5.74, 6) is 1.74. The van der Waals surface area contributed by atoms with Crippen molar-refractivity contribution in [3.63, 3.8) is 0 Å². The summed E-state index contributed by atoms with van der Waals surface area (Å²) in [4.78, 5) is 16.5. The van der Waals surface area contributed by atoms with E-state index in [1.165, 1.54) is 0 Å². The zero-order chi connectivity index (χ0) is 18.1. The molecule has 2 aromatic heterocycles. The van der Waals surface area contributed by atoms with E-state index < -0.39 is 0 Å². The standard InChI is InChI=1S/C18H25N3O4/c1-11-15(12(2)25-19-11)7-14-5-6-17(24-14)18(23)21-8-13(10-22)16(9-21)20(3)4/h5-6,13,16,22H,7-10H2,1-4H3/t13-,16+/m0/s1. The number of aliphatic hydroxyl groups excluding tert-OH is 1. The second-order valence-corrected chi connectivity index (χ2v) is 6.93. The molecule has 0 aliphatic carbocycles. The van der Waals surface area contributed by atoms with E-state index in [0.717, 1.165) is 17.0 Å². The average Bonchev–Trinajstić information content (AvgIpc) is 3.29. The van der Waals surface area contributed by atoms with Gasteiger partial charge in [-0.3, -0.25) is 4.79 Å². The molecule has 25 heavy (non-hydrogen) atoms. The maximum Gasteiger partial charge on any atom is 0.289 e. The number of amides is 1. The van der Waals surface area contributed by atoms with E-state index in [1.807, 2.05) is 34.0 Å². The number of nitrogens with zero attached hydrogens (tertiary/aromatic N) is 3. The van der Waals surface area contributed by atoms with Crippen molar-refractivity contribution in [2.75, 3.05) is 33.8 Å². The molecule has 1 aliphatic rings. The molecule has 0 radical (unpaired) electrons. The van der Waals surface area contributed by atoms with Gasteiger partial charge in [-0.05, 0) is 40.1 Å². The van der Waals surface area contributed by atoms with E-state index in [-0.39, 0.29) is 24.5 Å². The van der Waals surface area contributed by atoms with Gasteiger partial charge in [-0.1, -0.05) is 5.16 Å². The smallest absolute Gasteiger partial charge is 0.289 e. The van der Waals surface area contributed by atoms with Crippen LogP contribution in [0, 0.1) is 19.8 Å². The Morgan fingerprint density at radius 1 is 1.36 bits per heavy atom. The third-order valence-electron chi connectivity index (χ3n) is 5.00. The highest BCUT2D eigenvalue weighted by atomic mass is 16.5. The van der Waals surface area contributed by atoms with Gasteiger partial charge in [0.25, 0.3) is 5.91 Å². The highest BCUT2D eigenvalue weighted by molar-refractivity contribution is 5.91. The maximum atomic E-state index is 12.7. The molecule has 2 atom stereocenters. The van der Waals surface area contributed by atoms with Crippen LogP contribution in [0.25, 0.3) is 0 Å². The Bertz CT molecular complexity index is 730. The zero-order valence-electron chi connectivity index (χ0n) is 15.2. The van der Waals surface area contributed by atoms with Gasteiger partial charge in [0.1, 0.15) is 11.5 Å². The molecule has 0 spiro atoms. The number of rotatable bonds is 5. The summed E-state index contributed by atoms with van der Waals surface area (Å²) in [5.41, 5.74) is 1.82. The number of aryl methyl sites for hydroxylation is 2. The van der Waals surface area contributed by atoms with E-state index in [1.54, 1.807) is 11.0 Å². The number of furan rings is 1. The molecule has 7 heteroatoms. The molecular weight excluding hydrogens is 322 g/mol. The highest BCUT2D eigenvalue weighted by Crippen LogP contribution is 2.24. The van der Waals surface area contributed by atoms with E-state index in [9.17, 15) is 9.90 Å². The van der Waals surface area contributed by atoms with Crippen molar-refractivity contribution in [3.05, 3.63) is 40.7 Å². The first-order valence-corrected chi connectivity index (χ1v) is 8.47. The lowest BCUT2D eigenvalue weighted by molar-refractivity contribution is 0.0745. The summed E-state index contributed by atoms with van der Waals surface area (Å²) in [6.07, 6.45) is 0.550. The van der Waals surface area contributed by atoms with Gasteiger partial charge in [-0.15, -0.1) is 0 Å². The van der Waals surface area contributed by atoms with Crippen molar-refractivity contribution in [2.24, 2.45) is 5.92 Å². The molecule has 1 N–H and O–H groups in total. The summed E-state index contributed by atoms with van der Waals surface area (Å²) in [6, 6.07) is 3.69. The van der Waals surface area contributed by atoms with Crippen LogP contribution in [0.15, 0.2) is 21.1 Å². The van der Waals surface area contributed by atoms with E-state index >= 15 is 0 Å². The minimum atomic E-state index is -0.132. The highest BCUT2D eigenvalue weighted by Gasteiger charge is 2.37. The number of carbonyl (C=O) groups is 1. The second-order valence-electron chi connectivity index (χ2n) is 6.93. The number of likely N-dealkylation sites (N-methyl/N-ethyl adjacent to an activating group) is 1. The zero-order valence-corrected chi connectivity index (χ0v) is 15.2. The first kappa shape index (κ1) is 17.7. The van der Waals surface area contributed by atoms with Crippen LogP contribution < -0.4 is 0 Å². The van der Waals surface area contributed by atoms with Crippen molar-refractivity contribution in [3.8, 4) is 0 Å². The summed E-state index contributed by atoms with van der Waals surface area (Å²) < 4.78 is 10.9. The molecule has 3 rings (SSSR count). The molecule has 1 aliphatic heterocycles. The molecule has 3 heterocycles. The normalized spacial score (nSPS) is 20.6. The largest absolute Gasteiger partial charge is 0.456 e. The quantitative estimate of drug-likeness (QED) is 0.882. The number of aromatic nitrogens is 1. The fraction of sp³-hybridized carbons (Fsp3) is 0.556. The molecule has 0 bridgehead atoms. The predicted molar refractivity (Wildman–Crippen MR) is 91.4 cm³/mol. The third-order valence-corrected chi connectivity index (χ3v) is 5.00. The lowest BCUT2D eigenvalue weighted by Gasteiger charge is -2.23. The van der Waals surface area contributed by atoms with Gasteiger partial charge in [0, 0.05) is 43.6 Å². The lowest BCUT2D eigenvalue weighted by Crippen LogP contribution is -2.37. The van der Waals surface area contributed by atoms with Gasteiger partial charge in [0.15, 0.2) is 5.76 Å². The second kappa shape index (κ2) is 7.01. The Hall–Kier alpha value is -2.12. The lowest BCUT2D eigenvalue weighted by atomic mass is 10.0. The van der Waals surface area contributed by atoms with Crippen LogP contribution in [-0.2, 0) is 6.42 Å². The molecule has 0 unspecified atom stereocenters. The summed E-state index contributed by atoms with van der Waals surface area (Å²) in [7, 11) is 3.94. The Kier molecular flexibility index (Phi) is 4.96. The van der Waals surface area contributed by atoms with Gasteiger partial charge in [0.2, 0.25) is 0 Å². The van der Waals surface area contributed by atoms with Crippen LogP contribution in [0.3, 0.4) is 0 Å². The van der Waals surface area contributed by atoms with Gasteiger partial charge in [-0.2, -0.15) is 0 Å². The van der Waals surface area contributed by atoms with Crippen LogP contribution in [0.4, 0.5) is 0 Å². The van der Waals surface area contributed by atoms with Gasteiger partial charge in [0.05, 0.1) is 5.69 Å². The average molecular weight is 347 g/mol. The van der Waals surface area contributed by atoms with Crippen LogP contribution in [-0.4, -0.2) is 65.8 Å². The van der Waals surface area contributed by atoms with Crippen molar-refractivity contribution in [1.29, 1.82) is 0 Å². The van der Waals surface area contributed by atoms with Gasteiger partial charge >= 0.3 is 0 Å². The molecule has 7 nitrogen and oxygen atoms in total. The van der Waals surface area contributed by atoms with Crippen molar-refractivity contribution in [1.82, 2.24) is 15.0 Å². The predicted octanol–water partition coefficient (Wildman–Crippen LogP) is 1.47. The van der Waals surface area contributed by atoms with E-state index in [4.69, 9.17) is 8.94 Å². The fourth-order valence-corrected chi connectivity index (χ4v) is 3.46. The molecule has 1 fully saturated rings. The molecular formula is C18H25N3O4. The van der Waals surface area contributed by atoms with Crippen molar-refractivity contribution < 1.29 is 18.8 Å². The Morgan fingerprint density at radius 2 is 2.12 bits per heavy atom. The minimum Gasteiger partial charge on any atom is -0.456 e. The number of likely N-dealkylation sites (tertiary alicyclic amines) is 1. The Morgan fingerprint density at radius 3 is 2.68 bits per heavy atom. The topological polar surface area (TPSA) is 83.0 Å². The van der Waals surface area contributed by atoms with Gasteiger partial charge in [-0.25, -0.2) is 0 Å². The molecule has 0 aromatic carbocycles. The third kappa shape index (κ3) is 3.48. The molecule has 1 saturated heterocycles. The van der Waals surface area contributed by atoms with Crippen LogP contribution in [0.2, 0.25) is 0 Å². The van der Waals surface area contributed by atoms with Crippen molar-refractivity contribution in [2.45, 2.75) is 26.3 Å².